The molecular formula is C13H17NO2. The van der Waals surface area contributed by atoms with Crippen molar-refractivity contribution in [1.29, 1.82) is 5.26 Å². The van der Waals surface area contributed by atoms with E-state index in [1.165, 1.54) is 0 Å². The van der Waals surface area contributed by atoms with Gasteiger partial charge in [-0.2, -0.15) is 5.26 Å². The number of nitrogens with zero attached hydrogens (tertiary/aromatic N) is 1. The molecule has 1 aromatic rings. The summed E-state index contributed by atoms with van der Waals surface area (Å²) in [6, 6.07) is 7.95. The van der Waals surface area contributed by atoms with Crippen molar-refractivity contribution >= 4 is 0 Å². The molecule has 0 amide bonds. The molecule has 0 unspecified atom stereocenters. The van der Waals surface area contributed by atoms with Gasteiger partial charge in [-0.3, -0.25) is 0 Å². The largest absolute Gasteiger partial charge is 0.493 e. The van der Waals surface area contributed by atoms with Crippen LogP contribution in [-0.4, -0.2) is 14.2 Å². The van der Waals surface area contributed by atoms with Crippen molar-refractivity contribution in [2.24, 2.45) is 0 Å². The van der Waals surface area contributed by atoms with Gasteiger partial charge in [0.15, 0.2) is 11.5 Å². The van der Waals surface area contributed by atoms with E-state index in [0.717, 1.165) is 18.4 Å². The van der Waals surface area contributed by atoms with E-state index >= 15 is 0 Å². The summed E-state index contributed by atoms with van der Waals surface area (Å²) in [6.45, 7) is 2.07. The van der Waals surface area contributed by atoms with E-state index in [1.54, 1.807) is 14.2 Å². The predicted octanol–water partition coefficient (Wildman–Crippen LogP) is 3.11. The molecule has 0 fully saturated rings. The first-order chi connectivity index (χ1) is 7.76. The molecule has 1 aromatic carbocycles. The van der Waals surface area contributed by atoms with Gasteiger partial charge in [0.05, 0.1) is 26.2 Å². The maximum absolute atomic E-state index is 9.08. The smallest absolute Gasteiger partial charge is 0.161 e. The summed E-state index contributed by atoms with van der Waals surface area (Å²) in [4.78, 5) is 0. The monoisotopic (exact) mass is 219 g/mol. The summed E-state index contributed by atoms with van der Waals surface area (Å²) in [5.41, 5.74) is 0.988. The van der Waals surface area contributed by atoms with Crippen molar-refractivity contribution in [3.63, 3.8) is 0 Å². The van der Waals surface area contributed by atoms with Crippen LogP contribution >= 0.6 is 0 Å². The lowest BCUT2D eigenvalue weighted by Gasteiger charge is -2.12. The van der Waals surface area contributed by atoms with Crippen molar-refractivity contribution in [2.45, 2.75) is 25.7 Å². The minimum Gasteiger partial charge on any atom is -0.493 e. The highest BCUT2D eigenvalue weighted by Gasteiger charge is 2.12. The van der Waals surface area contributed by atoms with E-state index in [1.807, 2.05) is 18.2 Å². The molecular weight excluding hydrogens is 202 g/mol. The summed E-state index contributed by atoms with van der Waals surface area (Å²) in [7, 11) is 3.20. The van der Waals surface area contributed by atoms with Crippen LogP contribution in [0.1, 0.15) is 31.2 Å². The van der Waals surface area contributed by atoms with Gasteiger partial charge in [-0.1, -0.05) is 19.4 Å². The Morgan fingerprint density at radius 2 is 1.94 bits per heavy atom. The third-order valence-corrected chi connectivity index (χ3v) is 2.54. The lowest BCUT2D eigenvalue weighted by Crippen LogP contribution is -1.97. The molecule has 1 atom stereocenters. The maximum atomic E-state index is 9.08. The second-order valence-corrected chi connectivity index (χ2v) is 3.58. The molecule has 86 valence electrons. The van der Waals surface area contributed by atoms with Gasteiger partial charge >= 0.3 is 0 Å². The molecule has 0 aliphatic carbocycles. The Hall–Kier alpha value is -1.69. The van der Waals surface area contributed by atoms with Gasteiger partial charge in [0, 0.05) is 0 Å². The van der Waals surface area contributed by atoms with Crippen LogP contribution in [-0.2, 0) is 0 Å². The van der Waals surface area contributed by atoms with Crippen LogP contribution < -0.4 is 9.47 Å². The summed E-state index contributed by atoms with van der Waals surface area (Å²) in [5.74, 6) is 1.31. The van der Waals surface area contributed by atoms with Crippen LogP contribution in [0.25, 0.3) is 0 Å². The van der Waals surface area contributed by atoms with Gasteiger partial charge in [0.25, 0.3) is 0 Å². The number of hydrogen-bond acceptors (Lipinski definition) is 3. The van der Waals surface area contributed by atoms with Crippen molar-refractivity contribution in [2.75, 3.05) is 14.2 Å². The van der Waals surface area contributed by atoms with Gasteiger partial charge in [-0.25, -0.2) is 0 Å². The summed E-state index contributed by atoms with van der Waals surface area (Å²) in [5, 5.41) is 9.08. The zero-order valence-electron chi connectivity index (χ0n) is 9.99. The van der Waals surface area contributed by atoms with E-state index in [0.29, 0.717) is 11.5 Å². The molecule has 0 aromatic heterocycles. The van der Waals surface area contributed by atoms with Gasteiger partial charge in [-0.05, 0) is 24.1 Å². The summed E-state index contributed by atoms with van der Waals surface area (Å²) < 4.78 is 10.4. The third kappa shape index (κ3) is 2.66. The second-order valence-electron chi connectivity index (χ2n) is 3.58. The standard InChI is InChI=1S/C13H17NO2/c1-4-5-11(9-14)10-6-7-12(15-2)13(8-10)16-3/h6-8,11H,4-5H2,1-3H3/t11-/m1/s1. The fourth-order valence-electron chi connectivity index (χ4n) is 1.66. The van der Waals surface area contributed by atoms with Gasteiger partial charge in [0.2, 0.25) is 0 Å². The van der Waals surface area contributed by atoms with Crippen LogP contribution in [0.4, 0.5) is 0 Å². The number of nitriles is 1. The highest BCUT2D eigenvalue weighted by Crippen LogP contribution is 2.31. The Labute approximate surface area is 96.6 Å². The first kappa shape index (κ1) is 12.4. The fraction of sp³-hybridized carbons (Fsp3) is 0.462. The first-order valence-corrected chi connectivity index (χ1v) is 5.38. The van der Waals surface area contributed by atoms with E-state index in [9.17, 15) is 0 Å². The van der Waals surface area contributed by atoms with Crippen molar-refractivity contribution in [1.82, 2.24) is 0 Å². The number of methoxy groups -OCH3 is 2. The number of rotatable bonds is 5. The molecule has 16 heavy (non-hydrogen) atoms. The number of hydrogen-bond donors (Lipinski definition) is 0. The molecule has 1 rings (SSSR count). The molecule has 0 saturated heterocycles. The molecule has 3 heteroatoms. The highest BCUT2D eigenvalue weighted by atomic mass is 16.5. The zero-order valence-corrected chi connectivity index (χ0v) is 9.99. The molecule has 0 aliphatic heterocycles. The summed E-state index contributed by atoms with van der Waals surface area (Å²) >= 11 is 0. The second kappa shape index (κ2) is 6.02. The summed E-state index contributed by atoms with van der Waals surface area (Å²) in [6.07, 6.45) is 1.86. The van der Waals surface area contributed by atoms with Crippen LogP contribution in [0.3, 0.4) is 0 Å². The van der Waals surface area contributed by atoms with E-state index < -0.39 is 0 Å². The van der Waals surface area contributed by atoms with Gasteiger partial charge in [0.1, 0.15) is 0 Å². The third-order valence-electron chi connectivity index (χ3n) is 2.54. The van der Waals surface area contributed by atoms with Crippen LogP contribution in [0.5, 0.6) is 11.5 Å². The molecule has 0 heterocycles. The molecule has 0 radical (unpaired) electrons. The minimum atomic E-state index is -0.0650. The van der Waals surface area contributed by atoms with E-state index in [-0.39, 0.29) is 5.92 Å². The maximum Gasteiger partial charge on any atom is 0.161 e. The highest BCUT2D eigenvalue weighted by molar-refractivity contribution is 5.44. The molecule has 0 N–H and O–H groups in total. The predicted molar refractivity (Wildman–Crippen MR) is 62.8 cm³/mol. The molecule has 0 aliphatic rings. The Morgan fingerprint density at radius 1 is 1.25 bits per heavy atom. The Morgan fingerprint density at radius 3 is 2.44 bits per heavy atom. The molecule has 0 bridgehead atoms. The number of benzene rings is 1. The van der Waals surface area contributed by atoms with Crippen molar-refractivity contribution < 1.29 is 9.47 Å². The molecule has 0 spiro atoms. The number of ether oxygens (including phenoxy) is 2. The lowest BCUT2D eigenvalue weighted by atomic mass is 9.96. The average molecular weight is 219 g/mol. The van der Waals surface area contributed by atoms with Gasteiger partial charge < -0.3 is 9.47 Å². The minimum absolute atomic E-state index is 0.0650. The fourth-order valence-corrected chi connectivity index (χ4v) is 1.66. The van der Waals surface area contributed by atoms with E-state index in [4.69, 9.17) is 14.7 Å². The van der Waals surface area contributed by atoms with Crippen molar-refractivity contribution in [3.8, 4) is 17.6 Å². The van der Waals surface area contributed by atoms with Crippen LogP contribution in [0.15, 0.2) is 18.2 Å². The first-order valence-electron chi connectivity index (χ1n) is 5.38. The normalized spacial score (nSPS) is 11.6. The van der Waals surface area contributed by atoms with E-state index in [2.05, 4.69) is 13.0 Å². The zero-order chi connectivity index (χ0) is 12.0. The lowest BCUT2D eigenvalue weighted by molar-refractivity contribution is 0.354. The Kier molecular flexibility index (Phi) is 4.65. The van der Waals surface area contributed by atoms with Crippen LogP contribution in [0, 0.1) is 11.3 Å². The Balaban J connectivity index is 3.02. The van der Waals surface area contributed by atoms with Crippen molar-refractivity contribution in [3.05, 3.63) is 23.8 Å². The SMILES string of the molecule is CCC[C@H](C#N)c1ccc(OC)c(OC)c1. The Bertz CT molecular complexity index is 382. The molecule has 3 nitrogen and oxygen atoms in total. The topological polar surface area (TPSA) is 42.2 Å². The van der Waals surface area contributed by atoms with Crippen LogP contribution in [0.2, 0.25) is 0 Å². The quantitative estimate of drug-likeness (QED) is 0.764. The van der Waals surface area contributed by atoms with Gasteiger partial charge in [-0.15, -0.1) is 0 Å². The average Bonchev–Trinajstić information content (AvgIpc) is 2.35. The molecule has 0 saturated carbocycles.